The van der Waals surface area contributed by atoms with Crippen molar-refractivity contribution in [3.05, 3.63) is 29.8 Å². The second-order valence-corrected chi connectivity index (χ2v) is 4.95. The molecular weight excluding hydrogens is 202 g/mol. The van der Waals surface area contributed by atoms with Gasteiger partial charge in [0.05, 0.1) is 12.2 Å². The molecule has 1 heterocycles. The Morgan fingerprint density at radius 2 is 2.12 bits per heavy atom. The third-order valence-corrected chi connectivity index (χ3v) is 2.89. The summed E-state index contributed by atoms with van der Waals surface area (Å²) in [4.78, 5) is 2.32. The van der Waals surface area contributed by atoms with Gasteiger partial charge in [-0.25, -0.2) is 0 Å². The molecule has 1 saturated heterocycles. The zero-order chi connectivity index (χ0) is 11.6. The molecule has 0 atom stereocenters. The largest absolute Gasteiger partial charge is 0.508 e. The van der Waals surface area contributed by atoms with Gasteiger partial charge >= 0.3 is 0 Å². The summed E-state index contributed by atoms with van der Waals surface area (Å²) >= 11 is 0. The molecule has 0 saturated carbocycles. The lowest BCUT2D eigenvalue weighted by molar-refractivity contribution is -0.0883. The lowest BCUT2D eigenvalue weighted by atomic mass is 10.1. The van der Waals surface area contributed by atoms with E-state index in [0.717, 1.165) is 31.8 Å². The van der Waals surface area contributed by atoms with Crippen LogP contribution < -0.4 is 0 Å². The molecule has 1 aliphatic heterocycles. The van der Waals surface area contributed by atoms with Crippen molar-refractivity contribution in [1.82, 2.24) is 4.90 Å². The normalized spacial score (nSPS) is 20.9. The second kappa shape index (κ2) is 4.44. The molecule has 1 aliphatic rings. The molecule has 2 rings (SSSR count). The van der Waals surface area contributed by atoms with Crippen molar-refractivity contribution in [1.29, 1.82) is 0 Å². The molecule has 1 aromatic rings. The average Bonchev–Trinajstić information content (AvgIpc) is 2.20. The molecule has 0 aromatic heterocycles. The molecule has 1 N–H and O–H groups in total. The number of phenols is 1. The van der Waals surface area contributed by atoms with Crippen molar-refractivity contribution in [2.45, 2.75) is 26.0 Å². The minimum atomic E-state index is -0.0807. The first kappa shape index (κ1) is 11.4. The first-order chi connectivity index (χ1) is 7.57. The number of rotatable bonds is 2. The second-order valence-electron chi connectivity index (χ2n) is 4.95. The van der Waals surface area contributed by atoms with Crippen LogP contribution in [0.4, 0.5) is 0 Å². The maximum Gasteiger partial charge on any atom is 0.120 e. The van der Waals surface area contributed by atoms with Crippen LogP contribution in [0, 0.1) is 0 Å². The fourth-order valence-corrected chi connectivity index (χ4v) is 2.13. The Bertz CT molecular complexity index is 363. The van der Waals surface area contributed by atoms with Gasteiger partial charge in [-0.1, -0.05) is 18.2 Å². The van der Waals surface area contributed by atoms with Gasteiger partial charge in [0.15, 0.2) is 0 Å². The summed E-state index contributed by atoms with van der Waals surface area (Å²) in [6.07, 6.45) is 0. The number of morpholine rings is 1. The van der Waals surface area contributed by atoms with E-state index in [0.29, 0.717) is 5.75 Å². The zero-order valence-electron chi connectivity index (χ0n) is 9.94. The molecule has 0 bridgehead atoms. The van der Waals surface area contributed by atoms with Gasteiger partial charge in [-0.05, 0) is 19.9 Å². The van der Waals surface area contributed by atoms with Crippen LogP contribution in [0.2, 0.25) is 0 Å². The molecule has 1 aromatic carbocycles. The summed E-state index contributed by atoms with van der Waals surface area (Å²) in [5.41, 5.74) is 0.906. The van der Waals surface area contributed by atoms with E-state index in [9.17, 15) is 5.11 Å². The number of benzene rings is 1. The maximum absolute atomic E-state index is 9.71. The Labute approximate surface area is 96.6 Å². The molecule has 0 amide bonds. The van der Waals surface area contributed by atoms with Gasteiger partial charge < -0.3 is 9.84 Å². The Morgan fingerprint density at radius 1 is 1.38 bits per heavy atom. The number of ether oxygens (including phenoxy) is 1. The van der Waals surface area contributed by atoms with Gasteiger partial charge in [-0.2, -0.15) is 0 Å². The highest BCUT2D eigenvalue weighted by Crippen LogP contribution is 2.22. The van der Waals surface area contributed by atoms with Crippen molar-refractivity contribution in [3.63, 3.8) is 0 Å². The van der Waals surface area contributed by atoms with E-state index >= 15 is 0 Å². The van der Waals surface area contributed by atoms with Gasteiger partial charge in [0.1, 0.15) is 5.75 Å². The quantitative estimate of drug-likeness (QED) is 0.829. The molecule has 1 fully saturated rings. The molecule has 0 aliphatic carbocycles. The topological polar surface area (TPSA) is 32.7 Å². The molecule has 3 heteroatoms. The summed E-state index contributed by atoms with van der Waals surface area (Å²) < 4.78 is 5.66. The molecule has 0 unspecified atom stereocenters. The number of phenolic OH excluding ortho intramolecular Hbond substituents is 1. The number of nitrogens with zero attached hydrogens (tertiary/aromatic N) is 1. The predicted molar refractivity (Wildman–Crippen MR) is 63.4 cm³/mol. The van der Waals surface area contributed by atoms with E-state index in [4.69, 9.17) is 4.74 Å². The van der Waals surface area contributed by atoms with Crippen LogP contribution in [-0.4, -0.2) is 35.3 Å². The van der Waals surface area contributed by atoms with E-state index in [-0.39, 0.29) is 5.60 Å². The number of aromatic hydroxyl groups is 1. The Balaban J connectivity index is 2.02. The highest BCUT2D eigenvalue weighted by atomic mass is 16.5. The predicted octanol–water partition coefficient (Wildman–Crippen LogP) is 2.00. The fraction of sp³-hybridized carbons (Fsp3) is 0.538. The van der Waals surface area contributed by atoms with Gasteiger partial charge in [0, 0.05) is 25.2 Å². The van der Waals surface area contributed by atoms with Gasteiger partial charge in [0.2, 0.25) is 0 Å². The SMILES string of the molecule is CC1(C)CN(Cc2ccccc2O)CCO1. The molecule has 3 nitrogen and oxygen atoms in total. The molecule has 0 spiro atoms. The molecule has 88 valence electrons. The average molecular weight is 221 g/mol. The summed E-state index contributed by atoms with van der Waals surface area (Å²) in [6.45, 7) is 7.59. The van der Waals surface area contributed by atoms with Gasteiger partial charge in [-0.3, -0.25) is 4.90 Å². The highest BCUT2D eigenvalue weighted by molar-refractivity contribution is 5.31. The number of hydrogen-bond donors (Lipinski definition) is 1. The molecule has 16 heavy (non-hydrogen) atoms. The van der Waals surface area contributed by atoms with Crippen molar-refractivity contribution in [3.8, 4) is 5.75 Å². The van der Waals surface area contributed by atoms with Crippen molar-refractivity contribution >= 4 is 0 Å². The smallest absolute Gasteiger partial charge is 0.120 e. The van der Waals surface area contributed by atoms with Gasteiger partial charge in [-0.15, -0.1) is 0 Å². The van der Waals surface area contributed by atoms with Crippen molar-refractivity contribution in [2.24, 2.45) is 0 Å². The van der Waals surface area contributed by atoms with Crippen molar-refractivity contribution in [2.75, 3.05) is 19.7 Å². The van der Waals surface area contributed by atoms with Crippen LogP contribution in [0.5, 0.6) is 5.75 Å². The summed E-state index contributed by atoms with van der Waals surface area (Å²) in [6, 6.07) is 7.52. The summed E-state index contributed by atoms with van der Waals surface area (Å²) in [5, 5.41) is 9.71. The minimum absolute atomic E-state index is 0.0807. The Morgan fingerprint density at radius 3 is 2.81 bits per heavy atom. The lowest BCUT2D eigenvalue weighted by Gasteiger charge is -2.38. The van der Waals surface area contributed by atoms with Crippen molar-refractivity contribution < 1.29 is 9.84 Å². The third-order valence-electron chi connectivity index (χ3n) is 2.89. The lowest BCUT2D eigenvalue weighted by Crippen LogP contribution is -2.47. The molecular formula is C13H19NO2. The van der Waals surface area contributed by atoms with Crippen LogP contribution in [0.15, 0.2) is 24.3 Å². The summed E-state index contributed by atoms with van der Waals surface area (Å²) in [7, 11) is 0. The summed E-state index contributed by atoms with van der Waals surface area (Å²) in [5.74, 6) is 0.381. The van der Waals surface area contributed by atoms with Crippen LogP contribution in [0.25, 0.3) is 0 Å². The number of hydrogen-bond acceptors (Lipinski definition) is 3. The van der Waals surface area contributed by atoms with Crippen LogP contribution in [-0.2, 0) is 11.3 Å². The first-order valence-corrected chi connectivity index (χ1v) is 5.70. The van der Waals surface area contributed by atoms with E-state index in [1.165, 1.54) is 0 Å². The van der Waals surface area contributed by atoms with Gasteiger partial charge in [0.25, 0.3) is 0 Å². The Kier molecular flexibility index (Phi) is 3.17. The standard InChI is InChI=1S/C13H19NO2/c1-13(2)10-14(7-8-16-13)9-11-5-3-4-6-12(11)15/h3-6,15H,7-10H2,1-2H3. The van der Waals surface area contributed by atoms with E-state index < -0.39 is 0 Å². The molecule has 0 radical (unpaired) electrons. The first-order valence-electron chi connectivity index (χ1n) is 5.70. The maximum atomic E-state index is 9.71. The van der Waals surface area contributed by atoms with Crippen LogP contribution in [0.3, 0.4) is 0 Å². The Hall–Kier alpha value is -1.06. The van der Waals surface area contributed by atoms with Crippen LogP contribution in [0.1, 0.15) is 19.4 Å². The van der Waals surface area contributed by atoms with E-state index in [2.05, 4.69) is 18.7 Å². The fourth-order valence-electron chi connectivity index (χ4n) is 2.13. The zero-order valence-corrected chi connectivity index (χ0v) is 9.94. The minimum Gasteiger partial charge on any atom is -0.508 e. The number of para-hydroxylation sites is 1. The highest BCUT2D eigenvalue weighted by Gasteiger charge is 2.27. The van der Waals surface area contributed by atoms with Crippen LogP contribution >= 0.6 is 0 Å². The van der Waals surface area contributed by atoms with E-state index in [1.54, 1.807) is 6.07 Å². The monoisotopic (exact) mass is 221 g/mol. The van der Waals surface area contributed by atoms with E-state index in [1.807, 2.05) is 18.2 Å². The third kappa shape index (κ3) is 2.74.